The molecule has 1 aliphatic heterocycles. The summed E-state index contributed by atoms with van der Waals surface area (Å²) < 4.78 is 1.75. The van der Waals surface area contributed by atoms with E-state index in [9.17, 15) is 0 Å². The monoisotopic (exact) mass is 285 g/mol. The molecule has 0 unspecified atom stereocenters. The Morgan fingerprint density at radius 2 is 1.57 bits per heavy atom. The zero-order chi connectivity index (χ0) is 14.8. The molecule has 0 spiro atoms. The van der Waals surface area contributed by atoms with E-state index >= 15 is 0 Å². The van der Waals surface area contributed by atoms with Crippen LogP contribution in [0.5, 0.6) is 0 Å². The minimum Gasteiger partial charge on any atom is -0.368 e. The van der Waals surface area contributed by atoms with E-state index in [-0.39, 0.29) is 0 Å². The third kappa shape index (κ3) is 3.01. The lowest BCUT2D eigenvalue weighted by atomic mass is 10.1. The second kappa shape index (κ2) is 5.76. The average Bonchev–Trinajstić information content (AvgIpc) is 2.65. The Bertz CT molecular complexity index is 603. The molecule has 1 saturated heterocycles. The Balaban J connectivity index is 1.93. The summed E-state index contributed by atoms with van der Waals surface area (Å²) in [6, 6.07) is 6.32. The van der Waals surface area contributed by atoms with Crippen molar-refractivity contribution in [2.75, 3.05) is 23.7 Å². The zero-order valence-electron chi connectivity index (χ0n) is 12.8. The van der Waals surface area contributed by atoms with Gasteiger partial charge in [0, 0.05) is 13.1 Å². The predicted molar refractivity (Wildman–Crippen MR) is 85.9 cm³/mol. The molecule has 0 radical (unpaired) electrons. The summed E-state index contributed by atoms with van der Waals surface area (Å²) >= 11 is 0. The van der Waals surface area contributed by atoms with E-state index in [4.69, 9.17) is 5.73 Å². The first-order valence-corrected chi connectivity index (χ1v) is 7.69. The molecule has 2 heterocycles. The van der Waals surface area contributed by atoms with Crippen LogP contribution < -0.4 is 10.6 Å². The summed E-state index contributed by atoms with van der Waals surface area (Å²) in [5, 5.41) is 4.63. The van der Waals surface area contributed by atoms with Crippen LogP contribution in [0.3, 0.4) is 0 Å². The number of aryl methyl sites for hydroxylation is 2. The fourth-order valence-corrected chi connectivity index (χ4v) is 2.98. The van der Waals surface area contributed by atoms with Gasteiger partial charge in [0.05, 0.1) is 5.69 Å². The first-order chi connectivity index (χ1) is 10.1. The summed E-state index contributed by atoms with van der Waals surface area (Å²) in [6.07, 6.45) is 5.00. The van der Waals surface area contributed by atoms with Crippen LogP contribution in [0.25, 0.3) is 5.69 Å². The number of hydrogen-bond donors (Lipinski definition) is 1. The van der Waals surface area contributed by atoms with Gasteiger partial charge in [-0.05, 0) is 49.9 Å². The molecule has 0 saturated carbocycles. The highest BCUT2D eigenvalue weighted by molar-refractivity contribution is 5.46. The SMILES string of the molecule is Cc1cc(C)cc(-n2nc(N3CCCCCC3)nc2N)c1. The van der Waals surface area contributed by atoms with Gasteiger partial charge >= 0.3 is 0 Å². The zero-order valence-corrected chi connectivity index (χ0v) is 12.8. The molecular weight excluding hydrogens is 262 g/mol. The van der Waals surface area contributed by atoms with E-state index in [0.717, 1.165) is 24.7 Å². The van der Waals surface area contributed by atoms with Gasteiger partial charge in [0.15, 0.2) is 0 Å². The summed E-state index contributed by atoms with van der Waals surface area (Å²) in [5.41, 5.74) is 9.48. The van der Waals surface area contributed by atoms with Crippen molar-refractivity contribution in [3.8, 4) is 5.69 Å². The van der Waals surface area contributed by atoms with E-state index in [2.05, 4.69) is 47.0 Å². The van der Waals surface area contributed by atoms with Gasteiger partial charge in [0.25, 0.3) is 0 Å². The fourth-order valence-electron chi connectivity index (χ4n) is 2.98. The van der Waals surface area contributed by atoms with E-state index in [0.29, 0.717) is 5.95 Å². The number of nitrogen functional groups attached to an aromatic ring is 1. The van der Waals surface area contributed by atoms with Crippen LogP contribution >= 0.6 is 0 Å². The maximum absolute atomic E-state index is 6.08. The first kappa shape index (κ1) is 13.9. The van der Waals surface area contributed by atoms with E-state index in [1.807, 2.05) is 0 Å². The highest BCUT2D eigenvalue weighted by Crippen LogP contribution is 2.21. The third-order valence-corrected chi connectivity index (χ3v) is 3.96. The minimum absolute atomic E-state index is 0.458. The lowest BCUT2D eigenvalue weighted by Gasteiger charge is -2.17. The van der Waals surface area contributed by atoms with Crippen LogP contribution in [-0.2, 0) is 0 Å². The minimum atomic E-state index is 0.458. The van der Waals surface area contributed by atoms with Crippen molar-refractivity contribution in [3.05, 3.63) is 29.3 Å². The number of aromatic nitrogens is 3. The molecule has 21 heavy (non-hydrogen) atoms. The fraction of sp³-hybridized carbons (Fsp3) is 0.500. The quantitative estimate of drug-likeness (QED) is 0.921. The second-order valence-electron chi connectivity index (χ2n) is 5.93. The Labute approximate surface area is 125 Å². The molecule has 112 valence electrons. The number of benzene rings is 1. The molecule has 2 aromatic rings. The molecule has 0 amide bonds. The second-order valence-corrected chi connectivity index (χ2v) is 5.93. The highest BCUT2D eigenvalue weighted by Gasteiger charge is 2.17. The van der Waals surface area contributed by atoms with Gasteiger partial charge < -0.3 is 10.6 Å². The first-order valence-electron chi connectivity index (χ1n) is 7.69. The predicted octanol–water partition coefficient (Wildman–Crippen LogP) is 2.85. The lowest BCUT2D eigenvalue weighted by Crippen LogP contribution is -2.25. The molecule has 1 aromatic carbocycles. The van der Waals surface area contributed by atoms with Crippen molar-refractivity contribution >= 4 is 11.9 Å². The lowest BCUT2D eigenvalue weighted by molar-refractivity contribution is 0.726. The van der Waals surface area contributed by atoms with Gasteiger partial charge in [-0.2, -0.15) is 9.67 Å². The number of rotatable bonds is 2. The summed E-state index contributed by atoms with van der Waals surface area (Å²) in [6.45, 7) is 6.21. The topological polar surface area (TPSA) is 60.0 Å². The van der Waals surface area contributed by atoms with E-state index in [1.54, 1.807) is 4.68 Å². The Morgan fingerprint density at radius 3 is 2.19 bits per heavy atom. The normalized spacial score (nSPS) is 16.0. The molecular formula is C16H23N5. The van der Waals surface area contributed by atoms with Gasteiger partial charge in [-0.25, -0.2) is 0 Å². The summed E-state index contributed by atoms with van der Waals surface area (Å²) in [7, 11) is 0. The highest BCUT2D eigenvalue weighted by atomic mass is 15.4. The number of hydrogen-bond acceptors (Lipinski definition) is 4. The standard InChI is InChI=1S/C16H23N5/c1-12-9-13(2)11-14(10-12)21-15(17)18-16(19-21)20-7-5-3-4-6-8-20/h9-11H,3-8H2,1-2H3,(H2,17,18,19). The van der Waals surface area contributed by atoms with E-state index in [1.165, 1.54) is 36.8 Å². The van der Waals surface area contributed by atoms with Gasteiger partial charge in [-0.15, -0.1) is 5.10 Å². The molecule has 0 bridgehead atoms. The van der Waals surface area contributed by atoms with Crippen LogP contribution in [0.2, 0.25) is 0 Å². The van der Waals surface area contributed by atoms with Gasteiger partial charge in [-0.3, -0.25) is 0 Å². The maximum Gasteiger partial charge on any atom is 0.246 e. The average molecular weight is 285 g/mol. The van der Waals surface area contributed by atoms with Crippen molar-refractivity contribution in [1.82, 2.24) is 14.8 Å². The van der Waals surface area contributed by atoms with Crippen LogP contribution in [0, 0.1) is 13.8 Å². The largest absolute Gasteiger partial charge is 0.368 e. The molecule has 1 fully saturated rings. The van der Waals surface area contributed by atoms with Crippen LogP contribution in [0.1, 0.15) is 36.8 Å². The molecule has 2 N–H and O–H groups in total. The van der Waals surface area contributed by atoms with Crippen molar-refractivity contribution in [3.63, 3.8) is 0 Å². The number of nitrogens with two attached hydrogens (primary N) is 1. The van der Waals surface area contributed by atoms with Gasteiger partial charge in [0.1, 0.15) is 0 Å². The van der Waals surface area contributed by atoms with Crippen molar-refractivity contribution in [1.29, 1.82) is 0 Å². The van der Waals surface area contributed by atoms with Crippen LogP contribution in [-0.4, -0.2) is 27.9 Å². The van der Waals surface area contributed by atoms with E-state index < -0.39 is 0 Å². The Morgan fingerprint density at radius 1 is 0.952 bits per heavy atom. The summed E-state index contributed by atoms with van der Waals surface area (Å²) in [5.74, 6) is 1.22. The van der Waals surface area contributed by atoms with Crippen molar-refractivity contribution in [2.24, 2.45) is 0 Å². The van der Waals surface area contributed by atoms with Gasteiger partial charge in [0.2, 0.25) is 11.9 Å². The van der Waals surface area contributed by atoms with Crippen LogP contribution in [0.15, 0.2) is 18.2 Å². The van der Waals surface area contributed by atoms with Crippen molar-refractivity contribution < 1.29 is 0 Å². The number of nitrogens with zero attached hydrogens (tertiary/aromatic N) is 4. The molecule has 5 heteroatoms. The summed E-state index contributed by atoms with van der Waals surface area (Å²) in [4.78, 5) is 6.72. The smallest absolute Gasteiger partial charge is 0.246 e. The maximum atomic E-state index is 6.08. The molecule has 0 aliphatic carbocycles. The third-order valence-electron chi connectivity index (χ3n) is 3.96. The molecule has 1 aliphatic rings. The molecule has 0 atom stereocenters. The van der Waals surface area contributed by atoms with Crippen molar-refractivity contribution in [2.45, 2.75) is 39.5 Å². The number of anilines is 2. The molecule has 1 aromatic heterocycles. The van der Waals surface area contributed by atoms with Crippen LogP contribution in [0.4, 0.5) is 11.9 Å². The molecule has 3 rings (SSSR count). The van der Waals surface area contributed by atoms with Gasteiger partial charge in [-0.1, -0.05) is 18.9 Å². The Hall–Kier alpha value is -2.04. The molecule has 5 nitrogen and oxygen atoms in total. The Kier molecular flexibility index (Phi) is 3.82.